The fraction of sp³-hybridized carbons (Fsp3) is 0.434. The number of carbonyl (C=O) groups is 4. The molecule has 1 N–H and O–H groups in total. The van der Waals surface area contributed by atoms with Crippen LogP contribution in [0.3, 0.4) is 0 Å². The molecule has 2 fully saturated rings. The lowest BCUT2D eigenvalue weighted by Crippen LogP contribution is -2.51. The quantitative estimate of drug-likeness (QED) is 0.134. The summed E-state index contributed by atoms with van der Waals surface area (Å²) in [5.74, 6) is -1.96. The molecule has 0 unspecified atom stereocenters. The Morgan fingerprint density at radius 3 is 1.61 bits per heavy atom. The van der Waals surface area contributed by atoms with Crippen molar-refractivity contribution in [1.82, 2.24) is 19.3 Å². The van der Waals surface area contributed by atoms with Gasteiger partial charge in [0.05, 0.1) is 52.8 Å². The fourth-order valence-corrected chi connectivity index (χ4v) is 12.5. The van der Waals surface area contributed by atoms with Crippen LogP contribution < -0.4 is 5.32 Å². The number of hydroxylamine groups is 4. The van der Waals surface area contributed by atoms with Gasteiger partial charge in [-0.25, -0.2) is 9.59 Å². The number of aromatic nitrogens is 2. The molecule has 66 heavy (non-hydrogen) atoms. The first-order valence-corrected chi connectivity index (χ1v) is 23.8. The van der Waals surface area contributed by atoms with E-state index in [2.05, 4.69) is 82.9 Å². The molecule has 13 heteroatoms. The van der Waals surface area contributed by atoms with Crippen LogP contribution in [-0.4, -0.2) is 69.4 Å². The fourth-order valence-electron chi connectivity index (χ4n) is 12.5. The highest BCUT2D eigenvalue weighted by Gasteiger charge is 2.54. The molecule has 6 atom stereocenters. The van der Waals surface area contributed by atoms with Gasteiger partial charge in [-0.2, -0.15) is 0 Å². The molecule has 13 nitrogen and oxygen atoms in total. The van der Waals surface area contributed by atoms with Crippen molar-refractivity contribution in [2.24, 2.45) is 10.8 Å². The monoisotopic (exact) mass is 893 g/mol. The summed E-state index contributed by atoms with van der Waals surface area (Å²) in [5, 5.41) is 9.61. The maximum Gasteiger partial charge on any atom is 0.339 e. The van der Waals surface area contributed by atoms with Crippen molar-refractivity contribution in [1.29, 1.82) is 0 Å². The predicted octanol–water partition coefficient (Wildman–Crippen LogP) is 9.95. The van der Waals surface area contributed by atoms with Gasteiger partial charge in [0.2, 0.25) is 0 Å². The van der Waals surface area contributed by atoms with Gasteiger partial charge in [0.25, 0.3) is 0 Å². The van der Waals surface area contributed by atoms with Crippen LogP contribution in [0.2, 0.25) is 0 Å². The van der Waals surface area contributed by atoms with Crippen LogP contribution in [-0.2, 0) is 44.7 Å². The van der Waals surface area contributed by atoms with E-state index in [0.29, 0.717) is 49.2 Å². The summed E-state index contributed by atoms with van der Waals surface area (Å²) in [6, 6.07) is 24.4. The smallest absolute Gasteiger partial charge is 0.339 e. The zero-order valence-corrected chi connectivity index (χ0v) is 38.7. The molecule has 5 aromatic rings. The normalized spacial score (nSPS) is 25.8. The number of nitrogens with zero attached hydrogens (tertiary/aromatic N) is 4. The van der Waals surface area contributed by atoms with Crippen LogP contribution in [0.25, 0.3) is 33.0 Å². The molecule has 10 rings (SSSR count). The maximum absolute atomic E-state index is 14.7. The first-order chi connectivity index (χ1) is 32.0. The Morgan fingerprint density at radius 2 is 1.11 bits per heavy atom. The predicted molar refractivity (Wildman–Crippen MR) is 251 cm³/mol. The van der Waals surface area contributed by atoms with Crippen LogP contribution in [0.4, 0.5) is 5.69 Å². The van der Waals surface area contributed by atoms with Crippen molar-refractivity contribution in [3.63, 3.8) is 0 Å². The molecule has 3 aromatic carbocycles. The van der Waals surface area contributed by atoms with Gasteiger partial charge >= 0.3 is 23.9 Å². The van der Waals surface area contributed by atoms with Gasteiger partial charge in [-0.15, -0.1) is 10.1 Å². The molecule has 0 radical (unpaired) electrons. The molecule has 5 aliphatic rings. The minimum atomic E-state index is -0.565. The third-order valence-electron chi connectivity index (χ3n) is 15.0. The Bertz CT molecular complexity index is 2660. The van der Waals surface area contributed by atoms with Gasteiger partial charge < -0.3 is 33.6 Å². The number of piperidine rings is 2. The van der Waals surface area contributed by atoms with Crippen LogP contribution in [0.15, 0.2) is 84.9 Å². The Labute approximate surface area is 385 Å². The summed E-state index contributed by atoms with van der Waals surface area (Å²) < 4.78 is 16.4. The van der Waals surface area contributed by atoms with Crippen LogP contribution >= 0.6 is 0 Å². The summed E-state index contributed by atoms with van der Waals surface area (Å²) in [6.07, 6.45) is 8.41. The van der Waals surface area contributed by atoms with E-state index in [1.165, 1.54) is 13.8 Å². The summed E-state index contributed by atoms with van der Waals surface area (Å²) in [6.45, 7) is 12.3. The van der Waals surface area contributed by atoms with Crippen molar-refractivity contribution in [2.75, 3.05) is 31.6 Å². The number of benzene rings is 3. The average Bonchev–Trinajstić information content (AvgIpc) is 3.84. The van der Waals surface area contributed by atoms with Gasteiger partial charge in [-0.1, -0.05) is 80.6 Å². The lowest BCUT2D eigenvalue weighted by atomic mass is 9.70. The summed E-state index contributed by atoms with van der Waals surface area (Å²) in [7, 11) is 0. The lowest BCUT2D eigenvalue weighted by molar-refractivity contribution is -0.236. The molecule has 0 saturated carbocycles. The van der Waals surface area contributed by atoms with E-state index in [-0.39, 0.29) is 19.1 Å². The van der Waals surface area contributed by atoms with E-state index in [4.69, 9.17) is 19.1 Å². The van der Waals surface area contributed by atoms with Gasteiger partial charge in [-0.05, 0) is 88.1 Å². The first kappa shape index (κ1) is 43.7. The second-order valence-corrected chi connectivity index (χ2v) is 18.5. The number of para-hydroxylation sites is 3. The van der Waals surface area contributed by atoms with Crippen LogP contribution in [0.5, 0.6) is 0 Å². The van der Waals surface area contributed by atoms with E-state index < -0.39 is 53.1 Å². The molecule has 5 aliphatic heterocycles. The topological polar surface area (TPSA) is 134 Å². The van der Waals surface area contributed by atoms with E-state index in [1.807, 2.05) is 54.3 Å². The second-order valence-electron chi connectivity index (χ2n) is 18.5. The Hall–Kier alpha value is -6.18. The maximum atomic E-state index is 14.7. The number of anilines is 1. The lowest BCUT2D eigenvalue weighted by Gasteiger charge is -2.51. The molecule has 0 amide bonds. The number of rotatable bonds is 10. The molecule has 0 bridgehead atoms. The molecule has 0 aliphatic carbocycles. The molecule has 2 aromatic heterocycles. The van der Waals surface area contributed by atoms with Crippen LogP contribution in [0.1, 0.15) is 132 Å². The van der Waals surface area contributed by atoms with Crippen molar-refractivity contribution in [3.8, 4) is 0 Å². The first-order valence-electron chi connectivity index (χ1n) is 23.8. The highest BCUT2D eigenvalue weighted by molar-refractivity contribution is 6.20. The molecule has 7 heterocycles. The minimum Gasteiger partial charge on any atom is -0.462 e. The number of hydrogen-bond donors (Lipinski definition) is 1. The highest BCUT2D eigenvalue weighted by atomic mass is 16.7. The standard InChI is InChI=1S/C53H59N5O8/c1-7-52-25-17-27-55(65-32(5)59)50(52)57-41-23-15-12-20-35(41)43(46(57)38(30-52)48(61)63-9-3)37-29-34-19-11-14-22-40(34)54-45(37)44-36-21-13-16-24-42(36)58-47(44)39(49(62)64-10-4)31-53(8-2)26-18-28-56(51(53)58)66-33(6)60/h11-16,19-24,30-31,37,45,50-51,54H,7-10,17-18,25-29H2,1-6H3/t37-,45+,50-,51-,52+,53+/m1/s1. The van der Waals surface area contributed by atoms with Crippen molar-refractivity contribution in [2.45, 2.75) is 111 Å². The van der Waals surface area contributed by atoms with Crippen LogP contribution in [0, 0.1) is 10.8 Å². The summed E-state index contributed by atoms with van der Waals surface area (Å²) >= 11 is 0. The molecule has 0 spiro atoms. The number of hydrogen-bond acceptors (Lipinski definition) is 11. The van der Waals surface area contributed by atoms with E-state index in [1.54, 1.807) is 0 Å². The molecule has 2 saturated heterocycles. The number of ether oxygens (including phenoxy) is 2. The van der Waals surface area contributed by atoms with Gasteiger partial charge in [0.1, 0.15) is 12.3 Å². The number of esters is 2. The summed E-state index contributed by atoms with van der Waals surface area (Å²) in [4.78, 5) is 67.3. The minimum absolute atomic E-state index is 0.197. The number of fused-ring (bicyclic) bond motifs is 11. The summed E-state index contributed by atoms with van der Waals surface area (Å²) in [5.41, 5.74) is 7.06. The second kappa shape index (κ2) is 16.9. The van der Waals surface area contributed by atoms with Crippen molar-refractivity contribution < 1.29 is 38.3 Å². The number of carbonyl (C=O) groups excluding carboxylic acids is 4. The average molecular weight is 894 g/mol. The molecule has 344 valence electrons. The largest absolute Gasteiger partial charge is 0.462 e. The molecular formula is C53H59N5O8. The zero-order chi connectivity index (χ0) is 46.1. The van der Waals surface area contributed by atoms with E-state index >= 15 is 0 Å². The van der Waals surface area contributed by atoms with Gasteiger partial charge in [0, 0.05) is 65.7 Å². The molecular weight excluding hydrogens is 835 g/mol. The van der Waals surface area contributed by atoms with Crippen molar-refractivity contribution in [3.05, 3.63) is 113 Å². The van der Waals surface area contributed by atoms with Gasteiger partial charge in [-0.3, -0.25) is 9.59 Å². The van der Waals surface area contributed by atoms with E-state index in [0.717, 1.165) is 75.6 Å². The van der Waals surface area contributed by atoms with E-state index in [9.17, 15) is 19.2 Å². The third-order valence-corrected chi connectivity index (χ3v) is 15.0. The van der Waals surface area contributed by atoms with Gasteiger partial charge in [0.15, 0.2) is 0 Å². The zero-order valence-electron chi connectivity index (χ0n) is 38.7. The highest BCUT2D eigenvalue weighted by Crippen LogP contribution is 2.60. The Balaban J connectivity index is 1.30. The Kier molecular flexibility index (Phi) is 11.2. The van der Waals surface area contributed by atoms with Crippen molar-refractivity contribution >= 4 is 62.5 Å². The SMILES string of the molecule is CCOC(=O)C1=C[C@]2(CC)CCCN(OC(C)=O)[C@@H]2n2c1c([C@H]1Cc3ccccc3N[C@@H]1c1c3n(c4ccccc14)[C@H]1N(OC(C)=O)CCC[C@@]1(CC)C=C3C(=O)OCC)c1ccccc12. The Morgan fingerprint density at radius 1 is 0.636 bits per heavy atom. The third kappa shape index (κ3) is 6.71. The number of nitrogens with one attached hydrogen (secondary N) is 1.